The lowest BCUT2D eigenvalue weighted by atomic mass is 10.1. The summed E-state index contributed by atoms with van der Waals surface area (Å²) in [6.07, 6.45) is 0.279. The fraction of sp³-hybridized carbons (Fsp3) is 0.364. The molecule has 1 aromatic carbocycles. The van der Waals surface area contributed by atoms with Gasteiger partial charge in [-0.3, -0.25) is 4.79 Å². The maximum absolute atomic E-state index is 11.9. The Morgan fingerprint density at radius 2 is 1.94 bits per heavy atom. The van der Waals surface area contributed by atoms with Gasteiger partial charge in [-0.25, -0.2) is 0 Å². The Balaban J connectivity index is 2.59. The van der Waals surface area contributed by atoms with Crippen LogP contribution in [0.4, 0.5) is 8.78 Å². The first-order chi connectivity index (χ1) is 8.02. The minimum atomic E-state index is -2.85. The summed E-state index contributed by atoms with van der Waals surface area (Å²) < 4.78 is 32.4. The Kier molecular flexibility index (Phi) is 4.84. The second-order valence-corrected chi connectivity index (χ2v) is 3.36. The molecule has 2 N–H and O–H groups in total. The van der Waals surface area contributed by atoms with Gasteiger partial charge in [-0.15, -0.1) is 0 Å². The smallest absolute Gasteiger partial charge is 0.387 e. The zero-order valence-electron chi connectivity index (χ0n) is 9.23. The number of benzene rings is 1. The first-order valence-electron chi connectivity index (χ1n) is 4.90. The van der Waals surface area contributed by atoms with Crippen molar-refractivity contribution in [3.05, 3.63) is 29.8 Å². The number of halogens is 2. The van der Waals surface area contributed by atoms with E-state index >= 15 is 0 Å². The first kappa shape index (κ1) is 13.4. The van der Waals surface area contributed by atoms with Crippen LogP contribution in [0.5, 0.6) is 5.75 Å². The molecule has 0 amide bonds. The standard InChI is InChI=1S/C11H13F2NO3/c1-16-10(15)9(14)6-7-2-4-8(5-3-7)17-11(12)13/h2-5,9,11H,6,14H2,1H3/t9-/m0/s1. The van der Waals surface area contributed by atoms with Crippen LogP contribution in [0, 0.1) is 0 Å². The van der Waals surface area contributed by atoms with Gasteiger partial charge in [0.05, 0.1) is 7.11 Å². The van der Waals surface area contributed by atoms with Crippen molar-refractivity contribution in [3.63, 3.8) is 0 Å². The largest absolute Gasteiger partial charge is 0.468 e. The van der Waals surface area contributed by atoms with Gasteiger partial charge in [0, 0.05) is 0 Å². The van der Waals surface area contributed by atoms with E-state index in [1.54, 1.807) is 12.1 Å². The number of ether oxygens (including phenoxy) is 2. The molecule has 1 aromatic rings. The van der Waals surface area contributed by atoms with Crippen LogP contribution in [0.2, 0.25) is 0 Å². The zero-order chi connectivity index (χ0) is 12.8. The quantitative estimate of drug-likeness (QED) is 0.795. The van der Waals surface area contributed by atoms with E-state index in [-0.39, 0.29) is 12.2 Å². The number of hydrogen-bond donors (Lipinski definition) is 1. The molecule has 0 aromatic heterocycles. The topological polar surface area (TPSA) is 61.5 Å². The van der Waals surface area contributed by atoms with E-state index in [1.807, 2.05) is 0 Å². The van der Waals surface area contributed by atoms with Crippen LogP contribution in [-0.2, 0) is 16.0 Å². The molecule has 0 aliphatic heterocycles. The van der Waals surface area contributed by atoms with Crippen molar-refractivity contribution in [3.8, 4) is 5.75 Å². The van der Waals surface area contributed by atoms with Gasteiger partial charge in [0.25, 0.3) is 0 Å². The van der Waals surface area contributed by atoms with Crippen LogP contribution >= 0.6 is 0 Å². The molecule has 94 valence electrons. The molecule has 0 aliphatic rings. The van der Waals surface area contributed by atoms with Crippen molar-refractivity contribution in [2.24, 2.45) is 5.73 Å². The highest BCUT2D eigenvalue weighted by Crippen LogP contribution is 2.15. The third kappa shape index (κ3) is 4.36. The summed E-state index contributed by atoms with van der Waals surface area (Å²) in [6.45, 7) is -2.85. The van der Waals surface area contributed by atoms with E-state index in [2.05, 4.69) is 9.47 Å². The average Bonchev–Trinajstić information content (AvgIpc) is 2.30. The maximum atomic E-state index is 11.9. The van der Waals surface area contributed by atoms with E-state index < -0.39 is 18.6 Å². The molecule has 1 atom stereocenters. The molecule has 0 fully saturated rings. The lowest BCUT2D eigenvalue weighted by molar-refractivity contribution is -0.142. The summed E-state index contributed by atoms with van der Waals surface area (Å²) in [6, 6.07) is 5.17. The molecular formula is C11H13F2NO3. The van der Waals surface area contributed by atoms with Crippen LogP contribution in [0.25, 0.3) is 0 Å². The van der Waals surface area contributed by atoms with E-state index in [0.29, 0.717) is 0 Å². The second-order valence-electron chi connectivity index (χ2n) is 3.36. The predicted octanol–water partition coefficient (Wildman–Crippen LogP) is 1.33. The fourth-order valence-corrected chi connectivity index (χ4v) is 1.30. The minimum Gasteiger partial charge on any atom is -0.468 e. The van der Waals surface area contributed by atoms with Gasteiger partial charge >= 0.3 is 12.6 Å². The molecule has 0 saturated heterocycles. The summed E-state index contributed by atoms with van der Waals surface area (Å²) in [7, 11) is 1.25. The average molecular weight is 245 g/mol. The molecule has 1 rings (SSSR count). The molecule has 4 nitrogen and oxygen atoms in total. The number of rotatable bonds is 5. The SMILES string of the molecule is COC(=O)[C@@H](N)Cc1ccc(OC(F)F)cc1. The number of alkyl halides is 2. The van der Waals surface area contributed by atoms with Crippen molar-refractivity contribution < 1.29 is 23.0 Å². The lowest BCUT2D eigenvalue weighted by Crippen LogP contribution is -2.33. The van der Waals surface area contributed by atoms with Crippen molar-refractivity contribution >= 4 is 5.97 Å². The maximum Gasteiger partial charge on any atom is 0.387 e. The minimum absolute atomic E-state index is 0.0652. The second kappa shape index (κ2) is 6.15. The van der Waals surface area contributed by atoms with Gasteiger partial charge in [0.2, 0.25) is 0 Å². The Bertz CT molecular complexity index is 367. The van der Waals surface area contributed by atoms with Gasteiger partial charge in [0.15, 0.2) is 0 Å². The van der Waals surface area contributed by atoms with Gasteiger partial charge in [0.1, 0.15) is 11.8 Å². The number of nitrogens with two attached hydrogens (primary N) is 1. The number of hydrogen-bond acceptors (Lipinski definition) is 4. The van der Waals surface area contributed by atoms with Crippen LogP contribution < -0.4 is 10.5 Å². The summed E-state index contributed by atoms with van der Waals surface area (Å²) in [4.78, 5) is 11.1. The van der Waals surface area contributed by atoms with E-state index in [0.717, 1.165) is 5.56 Å². The zero-order valence-corrected chi connectivity index (χ0v) is 9.23. The number of carbonyl (C=O) groups is 1. The predicted molar refractivity (Wildman–Crippen MR) is 56.8 cm³/mol. The third-order valence-corrected chi connectivity index (χ3v) is 2.11. The number of carbonyl (C=O) groups excluding carboxylic acids is 1. The molecule has 17 heavy (non-hydrogen) atoms. The van der Waals surface area contributed by atoms with Crippen molar-refractivity contribution in [2.75, 3.05) is 7.11 Å². The molecule has 0 saturated carbocycles. The number of methoxy groups -OCH3 is 1. The molecule has 0 bridgehead atoms. The molecule has 0 spiro atoms. The summed E-state index contributed by atoms with van der Waals surface area (Å²) in [5.74, 6) is -0.451. The normalized spacial score (nSPS) is 12.3. The molecule has 0 heterocycles. The summed E-state index contributed by atoms with van der Waals surface area (Å²) >= 11 is 0. The van der Waals surface area contributed by atoms with Crippen LogP contribution in [0.3, 0.4) is 0 Å². The highest BCUT2D eigenvalue weighted by molar-refractivity contribution is 5.75. The Morgan fingerprint density at radius 3 is 2.41 bits per heavy atom. The Labute approximate surface area is 97.3 Å². The molecular weight excluding hydrogens is 232 g/mol. The molecule has 0 aliphatic carbocycles. The number of esters is 1. The highest BCUT2D eigenvalue weighted by atomic mass is 19.3. The van der Waals surface area contributed by atoms with Crippen molar-refractivity contribution in [2.45, 2.75) is 19.1 Å². The first-order valence-corrected chi connectivity index (χ1v) is 4.90. The highest BCUT2D eigenvalue weighted by Gasteiger charge is 2.14. The van der Waals surface area contributed by atoms with Crippen molar-refractivity contribution in [1.29, 1.82) is 0 Å². The molecule has 6 heteroatoms. The van der Waals surface area contributed by atoms with Gasteiger partial charge < -0.3 is 15.2 Å². The summed E-state index contributed by atoms with van der Waals surface area (Å²) in [5, 5.41) is 0. The van der Waals surface area contributed by atoms with Gasteiger partial charge in [-0.05, 0) is 24.1 Å². The van der Waals surface area contributed by atoms with Crippen LogP contribution in [-0.4, -0.2) is 25.7 Å². The van der Waals surface area contributed by atoms with E-state index in [9.17, 15) is 13.6 Å². The monoisotopic (exact) mass is 245 g/mol. The third-order valence-electron chi connectivity index (χ3n) is 2.11. The lowest BCUT2D eigenvalue weighted by Gasteiger charge is -2.10. The molecule has 0 radical (unpaired) electrons. The van der Waals surface area contributed by atoms with Crippen LogP contribution in [0.15, 0.2) is 24.3 Å². The Morgan fingerprint density at radius 1 is 1.35 bits per heavy atom. The van der Waals surface area contributed by atoms with Gasteiger partial charge in [-0.1, -0.05) is 12.1 Å². The van der Waals surface area contributed by atoms with Crippen molar-refractivity contribution in [1.82, 2.24) is 0 Å². The van der Waals surface area contributed by atoms with E-state index in [4.69, 9.17) is 5.73 Å². The van der Waals surface area contributed by atoms with Crippen LogP contribution in [0.1, 0.15) is 5.56 Å². The Hall–Kier alpha value is -1.69. The van der Waals surface area contributed by atoms with Gasteiger partial charge in [-0.2, -0.15) is 8.78 Å². The molecule has 0 unspecified atom stereocenters. The fourth-order valence-electron chi connectivity index (χ4n) is 1.30. The van der Waals surface area contributed by atoms with E-state index in [1.165, 1.54) is 19.2 Å². The summed E-state index contributed by atoms with van der Waals surface area (Å²) in [5.41, 5.74) is 6.29.